The Morgan fingerprint density at radius 2 is 2.07 bits per heavy atom. The fraction of sp³-hybridized carbons (Fsp3) is 1.00. The standard InChI is InChI=1S/C14H28/c1-5-7-9-12(3)14(6-2)11-8-10-13(14)4/h12-13H,5-11H2,1-4H3. The Labute approximate surface area is 90.5 Å². The summed E-state index contributed by atoms with van der Waals surface area (Å²) in [6.45, 7) is 9.70. The van der Waals surface area contributed by atoms with Crippen LogP contribution in [0.25, 0.3) is 0 Å². The lowest BCUT2D eigenvalue weighted by Crippen LogP contribution is -2.30. The van der Waals surface area contributed by atoms with Crippen molar-refractivity contribution in [2.75, 3.05) is 0 Å². The highest BCUT2D eigenvalue weighted by Crippen LogP contribution is 2.52. The smallest absolute Gasteiger partial charge is 0.0249 e. The minimum absolute atomic E-state index is 0.704. The average Bonchev–Trinajstić information content (AvgIpc) is 2.57. The summed E-state index contributed by atoms with van der Waals surface area (Å²) in [5.41, 5.74) is 0.704. The first-order valence-electron chi connectivity index (χ1n) is 6.67. The quantitative estimate of drug-likeness (QED) is 0.578. The largest absolute Gasteiger partial charge is 0.0654 e. The summed E-state index contributed by atoms with van der Waals surface area (Å²) < 4.78 is 0. The molecule has 0 bridgehead atoms. The zero-order valence-electron chi connectivity index (χ0n) is 10.6. The molecule has 0 nitrogen and oxygen atoms in total. The predicted molar refractivity (Wildman–Crippen MR) is 64.4 cm³/mol. The molecule has 0 amide bonds. The molecule has 0 aromatic carbocycles. The molecule has 0 spiro atoms. The van der Waals surface area contributed by atoms with Gasteiger partial charge in [0.1, 0.15) is 0 Å². The first-order valence-corrected chi connectivity index (χ1v) is 6.67. The monoisotopic (exact) mass is 196 g/mol. The Morgan fingerprint density at radius 3 is 2.50 bits per heavy atom. The SMILES string of the molecule is CCCCC(C)C1(CC)CCCC1C. The normalized spacial score (nSPS) is 34.7. The first-order chi connectivity index (χ1) is 6.67. The van der Waals surface area contributed by atoms with E-state index in [9.17, 15) is 0 Å². The van der Waals surface area contributed by atoms with Crippen LogP contribution in [0.15, 0.2) is 0 Å². The van der Waals surface area contributed by atoms with Gasteiger partial charge in [0.25, 0.3) is 0 Å². The van der Waals surface area contributed by atoms with Crippen LogP contribution in [0.3, 0.4) is 0 Å². The van der Waals surface area contributed by atoms with Crippen molar-refractivity contribution in [3.8, 4) is 0 Å². The Morgan fingerprint density at radius 1 is 1.36 bits per heavy atom. The molecule has 1 saturated carbocycles. The fourth-order valence-electron chi connectivity index (χ4n) is 3.67. The lowest BCUT2D eigenvalue weighted by molar-refractivity contribution is 0.105. The van der Waals surface area contributed by atoms with E-state index in [1.165, 1.54) is 44.9 Å². The van der Waals surface area contributed by atoms with Gasteiger partial charge in [-0.3, -0.25) is 0 Å². The Bertz CT molecular complexity index is 161. The van der Waals surface area contributed by atoms with Gasteiger partial charge in [0, 0.05) is 0 Å². The summed E-state index contributed by atoms with van der Waals surface area (Å²) in [6.07, 6.45) is 10.1. The summed E-state index contributed by atoms with van der Waals surface area (Å²) in [6, 6.07) is 0. The molecule has 1 aliphatic carbocycles. The van der Waals surface area contributed by atoms with Gasteiger partial charge in [0.15, 0.2) is 0 Å². The summed E-state index contributed by atoms with van der Waals surface area (Å²) in [5.74, 6) is 1.92. The van der Waals surface area contributed by atoms with Crippen LogP contribution in [0.1, 0.15) is 72.6 Å². The van der Waals surface area contributed by atoms with Crippen LogP contribution in [0.2, 0.25) is 0 Å². The van der Waals surface area contributed by atoms with Gasteiger partial charge in [-0.15, -0.1) is 0 Å². The van der Waals surface area contributed by atoms with Crippen molar-refractivity contribution in [1.29, 1.82) is 0 Å². The van der Waals surface area contributed by atoms with Crippen LogP contribution in [-0.2, 0) is 0 Å². The van der Waals surface area contributed by atoms with E-state index in [1.807, 2.05) is 0 Å². The van der Waals surface area contributed by atoms with Gasteiger partial charge < -0.3 is 0 Å². The van der Waals surface area contributed by atoms with Gasteiger partial charge in [-0.2, -0.15) is 0 Å². The van der Waals surface area contributed by atoms with Crippen LogP contribution in [0.4, 0.5) is 0 Å². The van der Waals surface area contributed by atoms with Crippen LogP contribution in [0, 0.1) is 17.3 Å². The van der Waals surface area contributed by atoms with E-state index in [0.29, 0.717) is 5.41 Å². The maximum absolute atomic E-state index is 2.50. The van der Waals surface area contributed by atoms with Crippen molar-refractivity contribution in [2.24, 2.45) is 17.3 Å². The van der Waals surface area contributed by atoms with E-state index >= 15 is 0 Å². The molecule has 3 unspecified atom stereocenters. The van der Waals surface area contributed by atoms with E-state index in [4.69, 9.17) is 0 Å². The molecule has 0 heterocycles. The van der Waals surface area contributed by atoms with Gasteiger partial charge in [0.2, 0.25) is 0 Å². The Balaban J connectivity index is 2.58. The molecule has 1 aliphatic rings. The van der Waals surface area contributed by atoms with Crippen LogP contribution in [0.5, 0.6) is 0 Å². The van der Waals surface area contributed by atoms with Gasteiger partial charge in [-0.25, -0.2) is 0 Å². The third-order valence-corrected chi connectivity index (χ3v) is 4.89. The molecule has 0 aliphatic heterocycles. The van der Waals surface area contributed by atoms with Crippen molar-refractivity contribution in [3.05, 3.63) is 0 Å². The predicted octanol–water partition coefficient (Wildman–Crippen LogP) is 5.03. The second-order valence-corrected chi connectivity index (χ2v) is 5.42. The minimum Gasteiger partial charge on any atom is -0.0654 e. The molecule has 0 aromatic rings. The maximum atomic E-state index is 2.50. The van der Waals surface area contributed by atoms with Crippen molar-refractivity contribution >= 4 is 0 Å². The van der Waals surface area contributed by atoms with Gasteiger partial charge >= 0.3 is 0 Å². The summed E-state index contributed by atoms with van der Waals surface area (Å²) in [4.78, 5) is 0. The molecule has 0 saturated heterocycles. The molecule has 1 fully saturated rings. The van der Waals surface area contributed by atoms with E-state index in [1.54, 1.807) is 0 Å². The van der Waals surface area contributed by atoms with Crippen LogP contribution < -0.4 is 0 Å². The third kappa shape index (κ3) is 2.15. The summed E-state index contributed by atoms with van der Waals surface area (Å²) >= 11 is 0. The van der Waals surface area contributed by atoms with E-state index < -0.39 is 0 Å². The molecule has 14 heavy (non-hydrogen) atoms. The van der Waals surface area contributed by atoms with Crippen molar-refractivity contribution in [3.63, 3.8) is 0 Å². The molecule has 0 N–H and O–H groups in total. The molecular weight excluding hydrogens is 168 g/mol. The topological polar surface area (TPSA) is 0 Å². The van der Waals surface area contributed by atoms with Crippen LogP contribution in [-0.4, -0.2) is 0 Å². The molecular formula is C14H28. The van der Waals surface area contributed by atoms with Crippen molar-refractivity contribution in [1.82, 2.24) is 0 Å². The molecule has 1 rings (SSSR count). The van der Waals surface area contributed by atoms with Crippen molar-refractivity contribution < 1.29 is 0 Å². The maximum Gasteiger partial charge on any atom is -0.0249 e. The van der Waals surface area contributed by atoms with E-state index in [-0.39, 0.29) is 0 Å². The summed E-state index contributed by atoms with van der Waals surface area (Å²) in [7, 11) is 0. The zero-order chi connectivity index (χ0) is 10.6. The molecule has 84 valence electrons. The Hall–Kier alpha value is 0. The molecule has 3 atom stereocenters. The number of hydrogen-bond donors (Lipinski definition) is 0. The lowest BCUT2D eigenvalue weighted by Gasteiger charge is -2.39. The highest BCUT2D eigenvalue weighted by atomic mass is 14.5. The van der Waals surface area contributed by atoms with E-state index in [2.05, 4.69) is 27.7 Å². The van der Waals surface area contributed by atoms with Gasteiger partial charge in [0.05, 0.1) is 0 Å². The molecule has 0 radical (unpaired) electrons. The zero-order valence-corrected chi connectivity index (χ0v) is 10.6. The number of rotatable bonds is 5. The third-order valence-electron chi connectivity index (χ3n) is 4.89. The number of hydrogen-bond acceptors (Lipinski definition) is 0. The highest BCUT2D eigenvalue weighted by Gasteiger charge is 2.42. The second-order valence-electron chi connectivity index (χ2n) is 5.42. The highest BCUT2D eigenvalue weighted by molar-refractivity contribution is 4.92. The summed E-state index contributed by atoms with van der Waals surface area (Å²) in [5, 5.41) is 0. The molecule has 0 aromatic heterocycles. The fourth-order valence-corrected chi connectivity index (χ4v) is 3.67. The molecule has 0 heteroatoms. The Kier molecular flexibility index (Phi) is 4.47. The van der Waals surface area contributed by atoms with Crippen LogP contribution >= 0.6 is 0 Å². The van der Waals surface area contributed by atoms with Gasteiger partial charge in [-0.1, -0.05) is 59.8 Å². The average molecular weight is 196 g/mol. The minimum atomic E-state index is 0.704. The second kappa shape index (κ2) is 5.19. The first kappa shape index (κ1) is 12.1. The van der Waals surface area contributed by atoms with Crippen molar-refractivity contribution in [2.45, 2.75) is 72.6 Å². The van der Waals surface area contributed by atoms with Gasteiger partial charge in [-0.05, 0) is 30.1 Å². The number of unbranched alkanes of at least 4 members (excludes halogenated alkanes) is 1. The lowest BCUT2D eigenvalue weighted by atomic mass is 9.66. The van der Waals surface area contributed by atoms with E-state index in [0.717, 1.165) is 11.8 Å².